The second-order valence-corrected chi connectivity index (χ2v) is 10.7. The van der Waals surface area contributed by atoms with E-state index in [1.807, 2.05) is 55.4 Å². The van der Waals surface area contributed by atoms with E-state index in [0.717, 1.165) is 21.4 Å². The van der Waals surface area contributed by atoms with Crippen molar-refractivity contribution in [3.05, 3.63) is 36.4 Å². The lowest BCUT2D eigenvalue weighted by molar-refractivity contribution is 0.183. The third-order valence-electron chi connectivity index (χ3n) is 3.46. The first-order chi connectivity index (χ1) is 13.2. The van der Waals surface area contributed by atoms with Crippen LogP contribution in [-0.4, -0.2) is 24.4 Å². The van der Waals surface area contributed by atoms with Crippen molar-refractivity contribution in [1.29, 1.82) is 0 Å². The average Bonchev–Trinajstić information content (AvgIpc) is 2.58. The van der Waals surface area contributed by atoms with Gasteiger partial charge in [0, 0.05) is 10.6 Å². The largest absolute Gasteiger partial charge is 0.328 e. The van der Waals surface area contributed by atoms with Crippen molar-refractivity contribution in [2.45, 2.75) is 79.8 Å². The third-order valence-corrected chi connectivity index (χ3v) is 7.35. The van der Waals surface area contributed by atoms with Crippen LogP contribution in [0.15, 0.2) is 36.4 Å². The van der Waals surface area contributed by atoms with Crippen molar-refractivity contribution < 1.29 is 18.1 Å². The van der Waals surface area contributed by atoms with E-state index < -0.39 is 16.8 Å². The van der Waals surface area contributed by atoms with Gasteiger partial charge in [-0.15, -0.1) is 0 Å². The molecule has 0 spiro atoms. The van der Waals surface area contributed by atoms with E-state index >= 15 is 0 Å². The maximum atomic E-state index is 6.22. The molecule has 28 heavy (non-hydrogen) atoms. The zero-order valence-electron chi connectivity index (χ0n) is 18.3. The monoisotopic (exact) mass is 424 g/mol. The molecule has 2 rings (SSSR count). The van der Waals surface area contributed by atoms with Gasteiger partial charge in [0.1, 0.15) is 0 Å². The van der Waals surface area contributed by atoms with Crippen molar-refractivity contribution in [3.63, 3.8) is 0 Å². The Morgan fingerprint density at radius 1 is 0.607 bits per heavy atom. The summed E-state index contributed by atoms with van der Waals surface area (Å²) in [4.78, 5) is 0. The molecule has 6 heteroatoms. The predicted molar refractivity (Wildman–Crippen MR) is 122 cm³/mol. The molecule has 0 aliphatic heterocycles. The van der Waals surface area contributed by atoms with Crippen LogP contribution in [0.5, 0.6) is 0 Å². The van der Waals surface area contributed by atoms with Gasteiger partial charge in [0.15, 0.2) is 0 Å². The molecule has 2 aromatic carbocycles. The summed E-state index contributed by atoms with van der Waals surface area (Å²) in [5.41, 5.74) is 0. The fourth-order valence-electron chi connectivity index (χ4n) is 2.58. The van der Waals surface area contributed by atoms with Gasteiger partial charge in [-0.3, -0.25) is 0 Å². The lowest BCUT2D eigenvalue weighted by Gasteiger charge is -2.26. The van der Waals surface area contributed by atoms with Crippen LogP contribution in [0.1, 0.15) is 55.4 Å². The standard InChI is InChI=1S/C22H34O4P2/c1-15(2)23-27(24-16(3)4)20-13-19-11-9-10-12-21(19)22(14-20)28(25-17(5)6)26-18(7)8/h9-18H,1-8H3. The molecule has 0 aromatic heterocycles. The number of fused-ring (bicyclic) bond motifs is 1. The number of hydrogen-bond acceptors (Lipinski definition) is 4. The van der Waals surface area contributed by atoms with Gasteiger partial charge in [-0.1, -0.05) is 24.3 Å². The molecular weight excluding hydrogens is 390 g/mol. The molecule has 156 valence electrons. The number of rotatable bonds is 10. The van der Waals surface area contributed by atoms with E-state index in [1.54, 1.807) is 0 Å². The molecule has 0 amide bonds. The van der Waals surface area contributed by atoms with Gasteiger partial charge >= 0.3 is 0 Å². The van der Waals surface area contributed by atoms with Crippen molar-refractivity contribution in [3.8, 4) is 0 Å². The first-order valence-electron chi connectivity index (χ1n) is 9.97. The zero-order valence-corrected chi connectivity index (χ0v) is 20.1. The average molecular weight is 424 g/mol. The van der Waals surface area contributed by atoms with E-state index in [9.17, 15) is 0 Å². The Hall–Kier alpha value is -0.600. The summed E-state index contributed by atoms with van der Waals surface area (Å²) >= 11 is 0. The van der Waals surface area contributed by atoms with Gasteiger partial charge in [0.25, 0.3) is 0 Å². The van der Waals surface area contributed by atoms with Crippen molar-refractivity contribution in [2.75, 3.05) is 0 Å². The van der Waals surface area contributed by atoms with Gasteiger partial charge < -0.3 is 18.1 Å². The highest BCUT2D eigenvalue weighted by Gasteiger charge is 2.25. The summed E-state index contributed by atoms with van der Waals surface area (Å²) in [5.74, 6) is 0. The van der Waals surface area contributed by atoms with Crippen LogP contribution in [0.2, 0.25) is 0 Å². The molecule has 0 unspecified atom stereocenters. The summed E-state index contributed by atoms with van der Waals surface area (Å²) in [6, 6.07) is 12.7. The van der Waals surface area contributed by atoms with Crippen LogP contribution in [-0.2, 0) is 18.1 Å². The minimum absolute atomic E-state index is 0.0765. The molecule has 0 heterocycles. The smallest absolute Gasteiger partial charge is 0.206 e. The SMILES string of the molecule is CC(C)OP(OC(C)C)c1cc(P(OC(C)C)OC(C)C)c2ccccc2c1. The minimum atomic E-state index is -1.22. The Bertz CT molecular complexity index is 726. The van der Waals surface area contributed by atoms with Crippen LogP contribution >= 0.6 is 16.8 Å². The lowest BCUT2D eigenvalue weighted by atomic mass is 10.1. The Kier molecular flexibility index (Phi) is 9.28. The van der Waals surface area contributed by atoms with Crippen LogP contribution < -0.4 is 10.6 Å². The molecule has 0 bridgehead atoms. The van der Waals surface area contributed by atoms with Gasteiger partial charge in [-0.05, 0) is 78.3 Å². The molecular formula is C22H34O4P2. The van der Waals surface area contributed by atoms with Crippen molar-refractivity contribution in [2.24, 2.45) is 0 Å². The second kappa shape index (κ2) is 11.0. The Labute approximate surface area is 172 Å². The summed E-state index contributed by atoms with van der Waals surface area (Å²) < 4.78 is 24.8. The molecule has 4 nitrogen and oxygen atoms in total. The lowest BCUT2D eigenvalue weighted by Crippen LogP contribution is -2.20. The molecule has 0 aliphatic rings. The van der Waals surface area contributed by atoms with E-state index in [2.05, 4.69) is 36.4 Å². The van der Waals surface area contributed by atoms with Gasteiger partial charge in [0.2, 0.25) is 16.8 Å². The fraction of sp³-hybridized carbons (Fsp3) is 0.545. The topological polar surface area (TPSA) is 36.9 Å². The summed E-state index contributed by atoms with van der Waals surface area (Å²) in [7, 11) is -2.41. The van der Waals surface area contributed by atoms with Gasteiger partial charge in [0.05, 0.1) is 24.4 Å². The number of benzene rings is 2. The molecule has 0 aliphatic carbocycles. The second-order valence-electron chi connectivity index (χ2n) is 7.82. The van der Waals surface area contributed by atoms with E-state index in [0.29, 0.717) is 0 Å². The summed E-state index contributed by atoms with van der Waals surface area (Å²) in [6.07, 6.45) is 0.320. The highest BCUT2D eigenvalue weighted by molar-refractivity contribution is 7.58. The Balaban J connectivity index is 2.59. The highest BCUT2D eigenvalue weighted by Crippen LogP contribution is 2.45. The van der Waals surface area contributed by atoms with E-state index in [4.69, 9.17) is 18.1 Å². The predicted octanol–water partition coefficient (Wildman–Crippen LogP) is 6.41. The van der Waals surface area contributed by atoms with Crippen molar-refractivity contribution >= 4 is 38.1 Å². The molecule has 0 saturated heterocycles. The maximum Gasteiger partial charge on any atom is 0.206 e. The van der Waals surface area contributed by atoms with Crippen LogP contribution in [0.4, 0.5) is 0 Å². The van der Waals surface area contributed by atoms with Crippen LogP contribution in [0.3, 0.4) is 0 Å². The van der Waals surface area contributed by atoms with Gasteiger partial charge in [-0.2, -0.15) is 0 Å². The molecule has 0 saturated carbocycles. The molecule has 2 aromatic rings. The van der Waals surface area contributed by atoms with E-state index in [1.165, 1.54) is 0 Å². The highest BCUT2D eigenvalue weighted by atomic mass is 31.2. The molecule has 0 atom stereocenters. The van der Waals surface area contributed by atoms with Crippen molar-refractivity contribution in [1.82, 2.24) is 0 Å². The molecule has 0 fully saturated rings. The first kappa shape index (κ1) is 23.7. The van der Waals surface area contributed by atoms with Crippen LogP contribution in [0, 0.1) is 0 Å². The fourth-order valence-corrected chi connectivity index (χ4v) is 5.91. The minimum Gasteiger partial charge on any atom is -0.328 e. The van der Waals surface area contributed by atoms with E-state index in [-0.39, 0.29) is 24.4 Å². The molecule has 0 radical (unpaired) electrons. The van der Waals surface area contributed by atoms with Crippen LogP contribution in [0.25, 0.3) is 10.8 Å². The van der Waals surface area contributed by atoms with Gasteiger partial charge in [-0.25, -0.2) is 0 Å². The maximum absolute atomic E-state index is 6.22. The Morgan fingerprint density at radius 2 is 1.07 bits per heavy atom. The number of hydrogen-bond donors (Lipinski definition) is 0. The zero-order chi connectivity index (χ0) is 20.8. The third kappa shape index (κ3) is 7.02. The summed E-state index contributed by atoms with van der Waals surface area (Å²) in [5, 5.41) is 4.44. The Morgan fingerprint density at radius 3 is 1.57 bits per heavy atom. The molecule has 0 N–H and O–H groups in total. The normalized spacial score (nSPS) is 12.6. The first-order valence-corrected chi connectivity index (χ1v) is 12.3. The quantitative estimate of drug-likeness (QED) is 0.413. The summed E-state index contributed by atoms with van der Waals surface area (Å²) in [6.45, 7) is 16.3.